The Morgan fingerprint density at radius 2 is 2.19 bits per heavy atom. The Morgan fingerprint density at radius 1 is 1.44 bits per heavy atom. The van der Waals surface area contributed by atoms with Gasteiger partial charge in [-0.2, -0.15) is 0 Å². The minimum atomic E-state index is 0.131. The molecule has 0 heterocycles. The van der Waals surface area contributed by atoms with Gasteiger partial charge in [0, 0.05) is 26.1 Å². The van der Waals surface area contributed by atoms with E-state index in [1.54, 1.807) is 0 Å². The summed E-state index contributed by atoms with van der Waals surface area (Å²) >= 11 is 0. The zero-order valence-corrected chi connectivity index (χ0v) is 10.1. The van der Waals surface area contributed by atoms with Crippen molar-refractivity contribution in [1.82, 2.24) is 4.90 Å². The molecular formula is C13H20N2O. The molecule has 0 saturated heterocycles. The molecule has 3 nitrogen and oxygen atoms in total. The first kappa shape index (κ1) is 12.7. The molecule has 1 aromatic rings. The van der Waals surface area contributed by atoms with Gasteiger partial charge >= 0.3 is 0 Å². The summed E-state index contributed by atoms with van der Waals surface area (Å²) in [5.41, 5.74) is 7.79. The van der Waals surface area contributed by atoms with Crippen LogP contribution in [-0.2, 0) is 11.3 Å². The molecule has 2 N–H and O–H groups in total. The van der Waals surface area contributed by atoms with Gasteiger partial charge < -0.3 is 10.6 Å². The molecule has 0 aliphatic carbocycles. The number of carbonyl (C=O) groups is 1. The van der Waals surface area contributed by atoms with E-state index in [-0.39, 0.29) is 5.91 Å². The van der Waals surface area contributed by atoms with Crippen LogP contribution in [0.4, 0.5) is 0 Å². The molecule has 0 bridgehead atoms. The fourth-order valence-electron chi connectivity index (χ4n) is 1.69. The Kier molecular flexibility index (Phi) is 4.99. The van der Waals surface area contributed by atoms with Crippen molar-refractivity contribution in [3.8, 4) is 0 Å². The minimum Gasteiger partial charge on any atom is -0.339 e. The van der Waals surface area contributed by atoms with E-state index in [4.69, 9.17) is 5.73 Å². The Morgan fingerprint density at radius 3 is 2.75 bits per heavy atom. The van der Waals surface area contributed by atoms with Gasteiger partial charge in [0.25, 0.3) is 0 Å². The highest BCUT2D eigenvalue weighted by atomic mass is 16.2. The number of carbonyl (C=O) groups excluding carboxylic acids is 1. The number of nitrogens with zero attached hydrogens (tertiary/aromatic N) is 1. The monoisotopic (exact) mass is 220 g/mol. The summed E-state index contributed by atoms with van der Waals surface area (Å²) in [6.07, 6.45) is 0.430. The van der Waals surface area contributed by atoms with Crippen molar-refractivity contribution in [3.63, 3.8) is 0 Å². The van der Waals surface area contributed by atoms with Crippen molar-refractivity contribution >= 4 is 5.91 Å². The van der Waals surface area contributed by atoms with Crippen LogP contribution in [0.5, 0.6) is 0 Å². The molecule has 0 fully saturated rings. The Hall–Kier alpha value is -1.35. The maximum absolute atomic E-state index is 11.7. The first-order chi connectivity index (χ1) is 7.67. The third kappa shape index (κ3) is 3.66. The van der Waals surface area contributed by atoms with Crippen LogP contribution in [0, 0.1) is 6.92 Å². The van der Waals surface area contributed by atoms with E-state index in [2.05, 4.69) is 19.1 Å². The lowest BCUT2D eigenvalue weighted by atomic mass is 10.1. The van der Waals surface area contributed by atoms with Gasteiger partial charge in [-0.25, -0.2) is 0 Å². The number of hydrogen-bond acceptors (Lipinski definition) is 2. The highest BCUT2D eigenvalue weighted by Crippen LogP contribution is 2.08. The second kappa shape index (κ2) is 6.28. The maximum Gasteiger partial charge on any atom is 0.224 e. The molecular weight excluding hydrogens is 200 g/mol. The lowest BCUT2D eigenvalue weighted by Crippen LogP contribution is -2.31. The van der Waals surface area contributed by atoms with Crippen LogP contribution in [0.25, 0.3) is 0 Å². The molecule has 1 aromatic carbocycles. The molecule has 1 amide bonds. The van der Waals surface area contributed by atoms with Gasteiger partial charge in [-0.05, 0) is 19.4 Å². The van der Waals surface area contributed by atoms with E-state index in [9.17, 15) is 4.79 Å². The third-order valence-corrected chi connectivity index (χ3v) is 2.55. The smallest absolute Gasteiger partial charge is 0.224 e. The first-order valence-electron chi connectivity index (χ1n) is 5.70. The van der Waals surface area contributed by atoms with E-state index >= 15 is 0 Å². The molecule has 3 heteroatoms. The van der Waals surface area contributed by atoms with Crippen molar-refractivity contribution in [2.75, 3.05) is 13.1 Å². The van der Waals surface area contributed by atoms with Crippen LogP contribution in [0.2, 0.25) is 0 Å². The van der Waals surface area contributed by atoms with Crippen LogP contribution in [0.15, 0.2) is 24.3 Å². The van der Waals surface area contributed by atoms with Gasteiger partial charge in [-0.1, -0.05) is 29.8 Å². The Balaban J connectivity index is 2.66. The molecule has 0 aliphatic rings. The quantitative estimate of drug-likeness (QED) is 0.821. The zero-order valence-electron chi connectivity index (χ0n) is 10.1. The minimum absolute atomic E-state index is 0.131. The van der Waals surface area contributed by atoms with Crippen LogP contribution >= 0.6 is 0 Å². The Bertz CT molecular complexity index is 350. The topological polar surface area (TPSA) is 46.3 Å². The molecule has 0 atom stereocenters. The van der Waals surface area contributed by atoms with Crippen molar-refractivity contribution < 1.29 is 4.79 Å². The van der Waals surface area contributed by atoms with Crippen molar-refractivity contribution in [3.05, 3.63) is 35.4 Å². The normalized spacial score (nSPS) is 10.2. The fourth-order valence-corrected chi connectivity index (χ4v) is 1.69. The molecule has 16 heavy (non-hydrogen) atoms. The number of benzene rings is 1. The van der Waals surface area contributed by atoms with E-state index < -0.39 is 0 Å². The highest BCUT2D eigenvalue weighted by Gasteiger charge is 2.10. The summed E-state index contributed by atoms with van der Waals surface area (Å²) in [6, 6.07) is 8.23. The maximum atomic E-state index is 11.7. The zero-order chi connectivity index (χ0) is 12.0. The van der Waals surface area contributed by atoms with Crippen LogP contribution in [0.3, 0.4) is 0 Å². The summed E-state index contributed by atoms with van der Waals surface area (Å²) in [4.78, 5) is 13.5. The highest BCUT2D eigenvalue weighted by molar-refractivity contribution is 5.76. The van der Waals surface area contributed by atoms with Crippen LogP contribution in [0.1, 0.15) is 24.5 Å². The Labute approximate surface area is 97.2 Å². The average Bonchev–Trinajstić information content (AvgIpc) is 2.26. The van der Waals surface area contributed by atoms with Gasteiger partial charge in [0.15, 0.2) is 0 Å². The van der Waals surface area contributed by atoms with Gasteiger partial charge in [0.1, 0.15) is 0 Å². The summed E-state index contributed by atoms with van der Waals surface area (Å²) in [5.74, 6) is 0.131. The average molecular weight is 220 g/mol. The van der Waals surface area contributed by atoms with E-state index in [1.807, 2.05) is 24.0 Å². The molecule has 88 valence electrons. The van der Waals surface area contributed by atoms with Gasteiger partial charge in [-0.15, -0.1) is 0 Å². The van der Waals surface area contributed by atoms with Gasteiger partial charge in [0.05, 0.1) is 0 Å². The third-order valence-electron chi connectivity index (χ3n) is 2.55. The van der Waals surface area contributed by atoms with Crippen LogP contribution < -0.4 is 5.73 Å². The standard InChI is InChI=1S/C13H20N2O/c1-3-15(13(16)7-8-14)10-12-6-4-5-11(2)9-12/h4-6,9H,3,7-8,10,14H2,1-2H3. The number of hydrogen-bond donors (Lipinski definition) is 1. The summed E-state index contributed by atoms with van der Waals surface area (Å²) in [6.45, 7) is 5.87. The second-order valence-corrected chi connectivity index (χ2v) is 3.94. The van der Waals surface area contributed by atoms with E-state index in [0.29, 0.717) is 19.5 Å². The summed E-state index contributed by atoms with van der Waals surface area (Å²) in [5, 5.41) is 0. The number of rotatable bonds is 5. The van der Waals surface area contributed by atoms with E-state index in [1.165, 1.54) is 11.1 Å². The molecule has 0 unspecified atom stereocenters. The number of amides is 1. The van der Waals surface area contributed by atoms with Crippen molar-refractivity contribution in [2.24, 2.45) is 5.73 Å². The lowest BCUT2D eigenvalue weighted by Gasteiger charge is -2.20. The predicted octanol–water partition coefficient (Wildman–Crippen LogP) is 1.69. The van der Waals surface area contributed by atoms with Crippen molar-refractivity contribution in [1.29, 1.82) is 0 Å². The molecule has 0 saturated carbocycles. The SMILES string of the molecule is CCN(Cc1cccc(C)c1)C(=O)CCN. The molecule has 0 aromatic heterocycles. The molecule has 0 aliphatic heterocycles. The second-order valence-electron chi connectivity index (χ2n) is 3.94. The molecule has 1 rings (SSSR count). The number of nitrogens with two attached hydrogens (primary N) is 1. The fraction of sp³-hybridized carbons (Fsp3) is 0.462. The lowest BCUT2D eigenvalue weighted by molar-refractivity contribution is -0.131. The van der Waals surface area contributed by atoms with Gasteiger partial charge in [-0.3, -0.25) is 4.79 Å². The van der Waals surface area contributed by atoms with E-state index in [0.717, 1.165) is 6.54 Å². The summed E-state index contributed by atoms with van der Waals surface area (Å²) < 4.78 is 0. The number of aryl methyl sites for hydroxylation is 1. The largest absolute Gasteiger partial charge is 0.339 e. The molecule has 0 radical (unpaired) electrons. The predicted molar refractivity (Wildman–Crippen MR) is 65.9 cm³/mol. The molecule has 0 spiro atoms. The van der Waals surface area contributed by atoms with Crippen LogP contribution in [-0.4, -0.2) is 23.9 Å². The summed E-state index contributed by atoms with van der Waals surface area (Å²) in [7, 11) is 0. The van der Waals surface area contributed by atoms with Gasteiger partial charge in [0.2, 0.25) is 5.91 Å². The first-order valence-corrected chi connectivity index (χ1v) is 5.70. The van der Waals surface area contributed by atoms with Crippen molar-refractivity contribution in [2.45, 2.75) is 26.8 Å².